The second kappa shape index (κ2) is 34.2. The third-order valence-corrected chi connectivity index (χ3v) is 20.2. The van der Waals surface area contributed by atoms with E-state index in [2.05, 4.69) is 46.1 Å². The SMILES string of the molecule is CN(C(=O)C(F)(F)F)c1ccc(-n2cc(-c3cnc(C(=O)Nc4ccc(C(=O)N5CCN(C(=O)C6CCN(C(=O)OC(C)(C)C)CC6)CC5)c(Cl)c4)n3C)c(C(F)(F)F)n2)nc1.CN(C(=O)C(F)(F)F)c1ccc(-n2cc(-c3cnc(C(=O)Nc4ccc(C(=O)N5CCN(C(=O)C6CCNCC6)CC5)c(Cl)c4)n3C)c(C(F)(F)F)n2)nc1. The van der Waals surface area contributed by atoms with Gasteiger partial charge >= 0.3 is 42.6 Å². The Hall–Kier alpha value is -11.7. The van der Waals surface area contributed by atoms with Crippen LogP contribution in [0.3, 0.4) is 0 Å². The first kappa shape index (κ1) is 86.2. The number of hydrogen-bond acceptors (Lipinski definition) is 17. The molecular weight excluding hydrogens is 1620 g/mol. The monoisotopic (exact) mass is 1690 g/mol. The number of piperidine rings is 2. The number of halogens is 14. The van der Waals surface area contributed by atoms with Crippen LogP contribution >= 0.6 is 23.2 Å². The Morgan fingerprint density at radius 3 is 1.18 bits per heavy atom. The molecule has 12 rings (SSSR count). The van der Waals surface area contributed by atoms with Gasteiger partial charge in [-0.3, -0.25) is 38.4 Å². The summed E-state index contributed by atoms with van der Waals surface area (Å²) in [5, 5.41) is 15.6. The first-order valence-corrected chi connectivity index (χ1v) is 36.7. The van der Waals surface area contributed by atoms with Gasteiger partial charge in [-0.15, -0.1) is 0 Å². The molecule has 8 aromatic rings. The number of aromatic nitrogens is 10. The summed E-state index contributed by atoms with van der Waals surface area (Å²) in [7, 11) is 4.34. The molecule has 4 saturated heterocycles. The highest BCUT2D eigenvalue weighted by Gasteiger charge is 2.45. The van der Waals surface area contributed by atoms with E-state index in [9.17, 15) is 95.8 Å². The molecular formula is C73H74Cl2F12N20O10. The van der Waals surface area contributed by atoms with E-state index < -0.39 is 88.5 Å². The van der Waals surface area contributed by atoms with Gasteiger partial charge in [0.15, 0.2) is 34.7 Å². The lowest BCUT2D eigenvalue weighted by atomic mass is 9.95. The van der Waals surface area contributed by atoms with E-state index in [0.29, 0.717) is 70.1 Å². The van der Waals surface area contributed by atoms with Crippen molar-refractivity contribution in [3.63, 3.8) is 0 Å². The van der Waals surface area contributed by atoms with Crippen LogP contribution in [-0.4, -0.2) is 237 Å². The molecule has 4 aliphatic heterocycles. The minimum absolute atomic E-state index is 0.00561. The highest BCUT2D eigenvalue weighted by molar-refractivity contribution is 6.34. The van der Waals surface area contributed by atoms with Crippen LogP contribution in [0.15, 0.2) is 97.8 Å². The number of hydrogen-bond donors (Lipinski definition) is 3. The third-order valence-electron chi connectivity index (χ3n) is 19.6. The van der Waals surface area contributed by atoms with Gasteiger partial charge in [-0.1, -0.05) is 23.2 Å². The molecule has 0 unspecified atom stereocenters. The van der Waals surface area contributed by atoms with Crippen LogP contribution in [0.1, 0.15) is 99.8 Å². The van der Waals surface area contributed by atoms with Crippen molar-refractivity contribution in [2.45, 2.75) is 76.8 Å². The number of nitrogens with zero attached hydrogens (tertiary/aromatic N) is 17. The maximum absolute atomic E-state index is 14.2. The Kier molecular flexibility index (Phi) is 25.2. The topological polar surface area (TPSA) is 319 Å². The Morgan fingerprint density at radius 1 is 0.479 bits per heavy atom. The molecule has 6 aromatic heterocycles. The minimum atomic E-state index is -5.17. The number of carbonyl (C=O) groups is 9. The van der Waals surface area contributed by atoms with E-state index in [4.69, 9.17) is 27.9 Å². The fourth-order valence-corrected chi connectivity index (χ4v) is 13.8. The zero-order chi connectivity index (χ0) is 85.3. The molecule has 30 nitrogen and oxygen atoms in total. The standard InChI is InChI=1S/C39H41ClF6N10O6.C34H33ClF6N10O4/c1-37(2,3)62-36(61)55-12-10-22(11-13-55)33(58)53-14-16-54(17-15-53)34(59)25-8-6-23(18-27(25)40)49-32(57)31-48-20-28(52(31)5)26-21-56(50-30(26)38(41,42)43)29-9-7-24(19-47-29)51(4)35(60)39(44,45)46;1-47(32(55)34(39,40)41)21-4-6-26(43-16-21)51-18-23(27(46-51)33(36,37)38)25-17-44-28(48(25)2)29(52)45-20-3-5-22(24(35)15-20)31(54)50-13-11-49(12-14-50)30(53)19-7-9-42-10-8-19/h6-9,18-22H,10-17H2,1-5H3,(H,49,57);3-6,15-19,42H,7-14H2,1-2H3,(H,45,52). The highest BCUT2D eigenvalue weighted by Crippen LogP contribution is 2.40. The molecule has 624 valence electrons. The second-order valence-electron chi connectivity index (χ2n) is 28.5. The van der Waals surface area contributed by atoms with E-state index in [0.717, 1.165) is 120 Å². The lowest BCUT2D eigenvalue weighted by molar-refractivity contribution is -0.170. The maximum Gasteiger partial charge on any atom is 0.471 e. The summed E-state index contributed by atoms with van der Waals surface area (Å²) in [6, 6.07) is 12.7. The van der Waals surface area contributed by atoms with Gasteiger partial charge < -0.3 is 64.1 Å². The summed E-state index contributed by atoms with van der Waals surface area (Å²) in [5.74, 6) is -7.96. The number of anilines is 4. The van der Waals surface area contributed by atoms with Gasteiger partial charge in [-0.25, -0.2) is 34.1 Å². The van der Waals surface area contributed by atoms with Crippen LogP contribution < -0.4 is 25.8 Å². The van der Waals surface area contributed by atoms with Gasteiger partial charge in [0.25, 0.3) is 23.6 Å². The van der Waals surface area contributed by atoms with E-state index in [1.165, 1.54) is 50.5 Å². The smallest absolute Gasteiger partial charge is 0.444 e. The van der Waals surface area contributed by atoms with E-state index in [-0.39, 0.29) is 126 Å². The fourth-order valence-electron chi connectivity index (χ4n) is 13.3. The third kappa shape index (κ3) is 19.7. The molecule has 4 aliphatic rings. The number of carbonyl (C=O) groups excluding carboxylic acids is 9. The number of imidazole rings is 2. The molecule has 3 N–H and O–H groups in total. The van der Waals surface area contributed by atoms with Gasteiger partial charge in [0.2, 0.25) is 11.8 Å². The lowest BCUT2D eigenvalue weighted by Crippen LogP contribution is -2.53. The lowest BCUT2D eigenvalue weighted by Gasteiger charge is -2.38. The number of amides is 9. The molecule has 0 spiro atoms. The summed E-state index contributed by atoms with van der Waals surface area (Å²) < 4.78 is 171. The van der Waals surface area contributed by atoms with Crippen LogP contribution in [0.4, 0.5) is 80.2 Å². The molecule has 117 heavy (non-hydrogen) atoms. The van der Waals surface area contributed by atoms with Crippen LogP contribution in [0.25, 0.3) is 34.2 Å². The first-order chi connectivity index (χ1) is 54.9. The number of benzene rings is 2. The molecule has 0 atom stereocenters. The van der Waals surface area contributed by atoms with E-state index in [1.54, 1.807) is 45.3 Å². The Labute approximate surface area is 667 Å². The van der Waals surface area contributed by atoms with Crippen LogP contribution in [0.5, 0.6) is 0 Å². The Balaban J connectivity index is 0.000000231. The van der Waals surface area contributed by atoms with Crippen molar-refractivity contribution in [1.82, 2.24) is 78.4 Å². The van der Waals surface area contributed by atoms with Gasteiger partial charge in [0, 0.05) is 129 Å². The number of nitrogens with one attached hydrogen (secondary N) is 3. The number of alkyl halides is 12. The molecule has 2 aromatic carbocycles. The number of piperazine rings is 2. The molecule has 4 fully saturated rings. The second-order valence-corrected chi connectivity index (χ2v) is 29.3. The molecule has 0 radical (unpaired) electrons. The minimum Gasteiger partial charge on any atom is -0.444 e. The van der Waals surface area contributed by atoms with Crippen LogP contribution in [-0.2, 0) is 50.4 Å². The largest absolute Gasteiger partial charge is 0.471 e. The molecule has 9 amide bonds. The molecule has 0 bridgehead atoms. The Morgan fingerprint density at radius 2 is 0.846 bits per heavy atom. The van der Waals surface area contributed by atoms with E-state index in [1.807, 2.05) is 0 Å². The number of likely N-dealkylation sites (tertiary alicyclic amines) is 1. The average Bonchev–Trinajstić information content (AvgIpc) is 1.62. The Bertz CT molecular complexity index is 5090. The van der Waals surface area contributed by atoms with Crippen molar-refractivity contribution in [1.29, 1.82) is 0 Å². The zero-order valence-electron chi connectivity index (χ0n) is 63.2. The summed E-state index contributed by atoms with van der Waals surface area (Å²) in [5.41, 5.74) is -4.58. The summed E-state index contributed by atoms with van der Waals surface area (Å²) in [4.78, 5) is 140. The summed E-state index contributed by atoms with van der Waals surface area (Å²) >= 11 is 13.0. The zero-order valence-corrected chi connectivity index (χ0v) is 64.7. The maximum atomic E-state index is 14.2. The predicted octanol–water partition coefficient (Wildman–Crippen LogP) is 10.5. The van der Waals surface area contributed by atoms with Crippen molar-refractivity contribution in [3.8, 4) is 34.2 Å². The molecule has 10 heterocycles. The number of ether oxygens (including phenoxy) is 1. The quantitative estimate of drug-likeness (QED) is 0.0852. The summed E-state index contributed by atoms with van der Waals surface area (Å²) in [6.45, 7) is 10.3. The van der Waals surface area contributed by atoms with Crippen molar-refractivity contribution in [2.75, 3.05) is 113 Å². The summed E-state index contributed by atoms with van der Waals surface area (Å²) in [6.07, 6.45) is -12.4. The van der Waals surface area contributed by atoms with Gasteiger partial charge in [-0.2, -0.15) is 62.9 Å². The van der Waals surface area contributed by atoms with Crippen LogP contribution in [0.2, 0.25) is 10.0 Å². The van der Waals surface area contributed by atoms with Gasteiger partial charge in [0.1, 0.15) is 5.60 Å². The molecule has 44 heteroatoms. The van der Waals surface area contributed by atoms with Crippen LogP contribution in [0, 0.1) is 11.8 Å². The predicted molar refractivity (Wildman–Crippen MR) is 396 cm³/mol. The van der Waals surface area contributed by atoms with Crippen molar-refractivity contribution < 1.29 is 101 Å². The van der Waals surface area contributed by atoms with Gasteiger partial charge in [-0.05, 0) is 120 Å². The highest BCUT2D eigenvalue weighted by atomic mass is 35.5. The molecule has 0 saturated carbocycles. The fraction of sp³-hybridized carbons (Fsp3) is 0.411. The van der Waals surface area contributed by atoms with Crippen molar-refractivity contribution in [3.05, 3.63) is 142 Å². The van der Waals surface area contributed by atoms with Crippen molar-refractivity contribution >= 4 is 99.3 Å². The van der Waals surface area contributed by atoms with Gasteiger partial charge in [0.05, 0.1) is 79.8 Å². The average molecular weight is 1690 g/mol. The number of rotatable bonds is 14. The normalized spacial score (nSPS) is 15.5. The first-order valence-electron chi connectivity index (χ1n) is 35.9. The van der Waals surface area contributed by atoms with E-state index >= 15 is 0 Å². The van der Waals surface area contributed by atoms with Crippen molar-refractivity contribution in [2.24, 2.45) is 25.9 Å². The molecule has 0 aliphatic carbocycles. The number of pyridine rings is 2.